The average molecular weight is 223 g/mol. The van der Waals surface area contributed by atoms with Gasteiger partial charge in [0, 0.05) is 12.0 Å². The van der Waals surface area contributed by atoms with Crippen LogP contribution in [0, 0.1) is 0 Å². The van der Waals surface area contributed by atoms with E-state index >= 15 is 0 Å². The van der Waals surface area contributed by atoms with Crippen molar-refractivity contribution in [3.05, 3.63) is 23.8 Å². The lowest BCUT2D eigenvalue weighted by Gasteiger charge is -2.14. The van der Waals surface area contributed by atoms with Crippen LogP contribution in [0.1, 0.15) is 18.4 Å². The largest absolute Gasteiger partial charge is 0.493 e. The van der Waals surface area contributed by atoms with E-state index < -0.39 is 0 Å². The van der Waals surface area contributed by atoms with Crippen LogP contribution >= 0.6 is 0 Å². The monoisotopic (exact) mass is 223 g/mol. The van der Waals surface area contributed by atoms with E-state index in [2.05, 4.69) is 4.84 Å². The van der Waals surface area contributed by atoms with Crippen LogP contribution in [0.2, 0.25) is 0 Å². The molecule has 1 aliphatic carbocycles. The van der Waals surface area contributed by atoms with Crippen molar-refractivity contribution in [3.63, 3.8) is 0 Å². The quantitative estimate of drug-likeness (QED) is 0.745. The molecule has 2 rings (SSSR count). The first kappa shape index (κ1) is 11.2. The average Bonchev–Trinajstić information content (AvgIpc) is 3.11. The van der Waals surface area contributed by atoms with E-state index in [-0.39, 0.29) is 0 Å². The van der Waals surface area contributed by atoms with Crippen LogP contribution in [0.3, 0.4) is 0 Å². The van der Waals surface area contributed by atoms with Crippen LogP contribution in [0.25, 0.3) is 0 Å². The van der Waals surface area contributed by atoms with Gasteiger partial charge >= 0.3 is 0 Å². The molecular formula is C12H17NO3. The van der Waals surface area contributed by atoms with Gasteiger partial charge in [-0.25, -0.2) is 5.90 Å². The maximum Gasteiger partial charge on any atom is 0.164 e. The number of hydrogen-bond acceptors (Lipinski definition) is 4. The summed E-state index contributed by atoms with van der Waals surface area (Å²) in [6.45, 7) is 0.480. The summed E-state index contributed by atoms with van der Waals surface area (Å²) in [7, 11) is 1.65. The van der Waals surface area contributed by atoms with Gasteiger partial charge in [-0.2, -0.15) is 0 Å². The molecular weight excluding hydrogens is 206 g/mol. The van der Waals surface area contributed by atoms with Crippen molar-refractivity contribution < 1.29 is 14.3 Å². The molecule has 1 aliphatic rings. The van der Waals surface area contributed by atoms with Gasteiger partial charge in [0.25, 0.3) is 0 Å². The molecule has 0 amide bonds. The predicted octanol–water partition coefficient (Wildman–Crippen LogP) is 1.67. The highest BCUT2D eigenvalue weighted by molar-refractivity contribution is 5.47. The lowest BCUT2D eigenvalue weighted by Crippen LogP contribution is -2.07. The maximum atomic E-state index is 5.85. The van der Waals surface area contributed by atoms with Crippen LogP contribution in [0.4, 0.5) is 0 Å². The molecule has 0 radical (unpaired) electrons. The molecule has 0 saturated heterocycles. The summed E-state index contributed by atoms with van der Waals surface area (Å²) in [6.07, 6.45) is 3.35. The Morgan fingerprint density at radius 3 is 2.81 bits per heavy atom. The number of para-hydroxylation sites is 1. The third kappa shape index (κ3) is 2.65. The summed E-state index contributed by atoms with van der Waals surface area (Å²) in [6, 6.07) is 5.87. The van der Waals surface area contributed by atoms with Crippen molar-refractivity contribution in [2.75, 3.05) is 13.7 Å². The standard InChI is InChI=1S/C12H17NO3/c1-14-11-4-2-3-9(7-8-15-13)12(11)16-10-5-6-10/h2-4,10H,5-8,13H2,1H3. The fourth-order valence-electron chi connectivity index (χ4n) is 1.57. The zero-order valence-electron chi connectivity index (χ0n) is 9.44. The molecule has 1 aromatic rings. The smallest absolute Gasteiger partial charge is 0.164 e. The number of benzene rings is 1. The minimum atomic E-state index is 0.355. The normalized spacial score (nSPS) is 14.9. The second kappa shape index (κ2) is 5.18. The molecule has 0 aliphatic heterocycles. The topological polar surface area (TPSA) is 53.7 Å². The zero-order chi connectivity index (χ0) is 11.4. The Kier molecular flexibility index (Phi) is 3.64. The summed E-state index contributed by atoms with van der Waals surface area (Å²) < 4.78 is 11.2. The maximum absolute atomic E-state index is 5.85. The molecule has 0 bridgehead atoms. The van der Waals surface area contributed by atoms with Gasteiger partial charge in [-0.15, -0.1) is 0 Å². The third-order valence-corrected chi connectivity index (χ3v) is 2.58. The van der Waals surface area contributed by atoms with Crippen molar-refractivity contribution in [2.45, 2.75) is 25.4 Å². The van der Waals surface area contributed by atoms with E-state index in [0.29, 0.717) is 12.7 Å². The van der Waals surface area contributed by atoms with Crippen molar-refractivity contribution in [1.82, 2.24) is 0 Å². The Hall–Kier alpha value is -1.26. The Bertz CT molecular complexity index is 350. The first-order valence-electron chi connectivity index (χ1n) is 5.49. The molecule has 0 heterocycles. The van der Waals surface area contributed by atoms with Gasteiger partial charge in [0.1, 0.15) is 0 Å². The van der Waals surface area contributed by atoms with Gasteiger partial charge in [-0.05, 0) is 18.9 Å². The predicted molar refractivity (Wildman–Crippen MR) is 60.5 cm³/mol. The van der Waals surface area contributed by atoms with Gasteiger partial charge in [-0.3, -0.25) is 0 Å². The molecule has 88 valence electrons. The van der Waals surface area contributed by atoms with Gasteiger partial charge in [0.2, 0.25) is 0 Å². The molecule has 0 aromatic heterocycles. The first-order chi connectivity index (χ1) is 7.85. The van der Waals surface area contributed by atoms with Crippen molar-refractivity contribution in [3.8, 4) is 11.5 Å². The summed E-state index contributed by atoms with van der Waals surface area (Å²) in [5.74, 6) is 6.66. The highest BCUT2D eigenvalue weighted by atomic mass is 16.6. The second-order valence-corrected chi connectivity index (χ2v) is 3.89. The van der Waals surface area contributed by atoms with E-state index in [0.717, 1.165) is 36.3 Å². The molecule has 1 aromatic carbocycles. The summed E-state index contributed by atoms with van der Waals surface area (Å²) in [5.41, 5.74) is 1.08. The van der Waals surface area contributed by atoms with E-state index in [4.69, 9.17) is 15.4 Å². The summed E-state index contributed by atoms with van der Waals surface area (Å²) in [4.78, 5) is 4.60. The second-order valence-electron chi connectivity index (χ2n) is 3.89. The SMILES string of the molecule is COc1cccc(CCON)c1OC1CC1. The Morgan fingerprint density at radius 1 is 1.38 bits per heavy atom. The molecule has 1 saturated carbocycles. The van der Waals surface area contributed by atoms with Crippen LogP contribution in [-0.2, 0) is 11.3 Å². The Balaban J connectivity index is 2.18. The summed E-state index contributed by atoms with van der Waals surface area (Å²) in [5, 5.41) is 0. The number of rotatable bonds is 6. The van der Waals surface area contributed by atoms with E-state index in [1.165, 1.54) is 0 Å². The lowest BCUT2D eigenvalue weighted by atomic mass is 10.1. The molecule has 0 spiro atoms. The summed E-state index contributed by atoms with van der Waals surface area (Å²) >= 11 is 0. The molecule has 4 nitrogen and oxygen atoms in total. The van der Waals surface area contributed by atoms with Crippen molar-refractivity contribution in [2.24, 2.45) is 5.90 Å². The van der Waals surface area contributed by atoms with Gasteiger partial charge in [0.15, 0.2) is 11.5 Å². The Labute approximate surface area is 95.2 Å². The molecule has 1 fully saturated rings. The van der Waals surface area contributed by atoms with Crippen LogP contribution in [0.15, 0.2) is 18.2 Å². The molecule has 4 heteroatoms. The van der Waals surface area contributed by atoms with Gasteiger partial charge in [0.05, 0.1) is 19.8 Å². The van der Waals surface area contributed by atoms with E-state index in [1.54, 1.807) is 7.11 Å². The van der Waals surface area contributed by atoms with E-state index in [9.17, 15) is 0 Å². The lowest BCUT2D eigenvalue weighted by molar-refractivity contribution is 0.140. The Morgan fingerprint density at radius 2 is 2.19 bits per heavy atom. The highest BCUT2D eigenvalue weighted by Crippen LogP contribution is 2.36. The molecule has 0 unspecified atom stereocenters. The van der Waals surface area contributed by atoms with E-state index in [1.807, 2.05) is 18.2 Å². The fourth-order valence-corrected chi connectivity index (χ4v) is 1.57. The number of hydrogen-bond donors (Lipinski definition) is 1. The fraction of sp³-hybridized carbons (Fsp3) is 0.500. The molecule has 16 heavy (non-hydrogen) atoms. The number of methoxy groups -OCH3 is 1. The van der Waals surface area contributed by atoms with Crippen molar-refractivity contribution in [1.29, 1.82) is 0 Å². The molecule has 2 N–H and O–H groups in total. The van der Waals surface area contributed by atoms with Crippen LogP contribution in [-0.4, -0.2) is 19.8 Å². The van der Waals surface area contributed by atoms with Crippen molar-refractivity contribution >= 4 is 0 Å². The zero-order valence-corrected chi connectivity index (χ0v) is 9.44. The minimum Gasteiger partial charge on any atom is -0.493 e. The van der Waals surface area contributed by atoms with Crippen LogP contribution < -0.4 is 15.4 Å². The number of nitrogens with two attached hydrogens (primary N) is 1. The number of ether oxygens (including phenoxy) is 2. The first-order valence-corrected chi connectivity index (χ1v) is 5.49. The molecule has 0 atom stereocenters. The third-order valence-electron chi connectivity index (χ3n) is 2.58. The van der Waals surface area contributed by atoms with Gasteiger partial charge < -0.3 is 14.3 Å². The highest BCUT2D eigenvalue weighted by Gasteiger charge is 2.26. The van der Waals surface area contributed by atoms with Gasteiger partial charge in [-0.1, -0.05) is 12.1 Å². The minimum absolute atomic E-state index is 0.355. The van der Waals surface area contributed by atoms with Crippen LogP contribution in [0.5, 0.6) is 11.5 Å².